The molecule has 0 rings (SSSR count). The maximum Gasteiger partial charge on any atom is 4.00 e. The second-order valence-electron chi connectivity index (χ2n) is 0.408. The van der Waals surface area contributed by atoms with E-state index in [1.165, 1.54) is 0 Å². The molecule has 2 N–H and O–H groups in total. The number of rotatable bonds is 0. The summed E-state index contributed by atoms with van der Waals surface area (Å²) in [5.41, 5.74) is 0. The van der Waals surface area contributed by atoms with Crippen molar-refractivity contribution >= 4 is 10.4 Å². The molecule has 0 amide bonds. The molecule has 0 unspecified atom stereocenters. The van der Waals surface area contributed by atoms with Crippen molar-refractivity contribution in [3.05, 3.63) is 0 Å². The van der Waals surface area contributed by atoms with Crippen LogP contribution in [-0.2, 0) is 42.1 Å². The summed E-state index contributed by atoms with van der Waals surface area (Å²) in [6.45, 7) is 0. The normalized spacial score (nSPS) is 7.25. The third-order valence-electron chi connectivity index (χ3n) is 0. The van der Waals surface area contributed by atoms with Crippen LogP contribution in [0.3, 0.4) is 0 Å². The van der Waals surface area contributed by atoms with E-state index in [0.717, 1.165) is 0 Å². The molecule has 0 radical (unpaired) electrons. The Balaban J connectivity index is -0.0000000267. The smallest absolute Gasteiger partial charge is 2.00 e. The van der Waals surface area contributed by atoms with E-state index in [9.17, 15) is 0 Å². The topological polar surface area (TPSA) is 140 Å². The van der Waals surface area contributed by atoms with Crippen molar-refractivity contribution in [3.63, 3.8) is 0 Å². The maximum absolute atomic E-state index is 8.52. The van der Waals surface area contributed by atoms with Crippen LogP contribution in [0.15, 0.2) is 0 Å². The molecule has 0 atom stereocenters. The molecule has 0 aliphatic carbocycles. The van der Waals surface area contributed by atoms with Gasteiger partial charge >= 0.3 is 26.2 Å². The second-order valence-corrected chi connectivity index (χ2v) is 1.22. The van der Waals surface area contributed by atoms with Crippen molar-refractivity contribution in [1.29, 1.82) is 0 Å². The molecule has 0 bridgehead atoms. The van der Waals surface area contributed by atoms with E-state index >= 15 is 0 Å². The Morgan fingerprint density at radius 2 is 1.12 bits per heavy atom. The van der Waals surface area contributed by atoms with E-state index in [2.05, 4.69) is 0 Å². The van der Waals surface area contributed by atoms with Crippen molar-refractivity contribution in [1.82, 2.24) is 0 Å². The summed E-state index contributed by atoms with van der Waals surface area (Å²) in [5.74, 6) is 0. The summed E-state index contributed by atoms with van der Waals surface area (Å²) >= 11 is 0. The summed E-state index contributed by atoms with van der Waals surface area (Å²) in [6, 6.07) is 0. The molecule has 0 aliphatic heterocycles. The zero-order chi connectivity index (χ0) is 4.50. The van der Waals surface area contributed by atoms with Crippen LogP contribution in [0.4, 0.5) is 0 Å². The first-order chi connectivity index (χ1) is 2.00. The van der Waals surface area contributed by atoms with Gasteiger partial charge < -0.3 is 20.1 Å². The summed E-state index contributed by atoms with van der Waals surface area (Å²) in [5, 5.41) is 0. The van der Waals surface area contributed by atoms with Gasteiger partial charge in [-0.15, -0.1) is 0 Å². The van der Waals surface area contributed by atoms with E-state index in [1.807, 2.05) is 0 Å². The standard InChI is InChI=1S/H2O4S.H2O.O.Zr/c1-5(2,3)4;;;/h(H2,1,2,3,4);1H2;;/q;;-2;+4/p-2. The zero-order valence-corrected chi connectivity index (χ0v) is 6.72. The third-order valence-corrected chi connectivity index (χ3v) is 0. The molecule has 0 aromatic carbocycles. The first-order valence-electron chi connectivity index (χ1n) is 0.667. The van der Waals surface area contributed by atoms with Gasteiger partial charge in [-0.25, -0.2) is 0 Å². The molecule has 0 fully saturated rings. The summed E-state index contributed by atoms with van der Waals surface area (Å²) < 4.78 is 34.1. The van der Waals surface area contributed by atoms with Crippen LogP contribution in [0.25, 0.3) is 0 Å². The molecule has 0 spiro atoms. The van der Waals surface area contributed by atoms with Crippen LogP contribution in [0, 0.1) is 0 Å². The molecule has 48 valence electrons. The number of hydrogen-bond acceptors (Lipinski definition) is 4. The van der Waals surface area contributed by atoms with Gasteiger partial charge in [0.25, 0.3) is 0 Å². The first-order valence-corrected chi connectivity index (χ1v) is 2.00. The maximum atomic E-state index is 8.52. The van der Waals surface area contributed by atoms with Gasteiger partial charge in [-0.3, -0.25) is 8.42 Å². The third kappa shape index (κ3) is 474. The van der Waals surface area contributed by atoms with Crippen LogP contribution >= 0.6 is 0 Å². The largest absolute Gasteiger partial charge is 4.00 e. The summed E-state index contributed by atoms with van der Waals surface area (Å²) in [7, 11) is -5.17. The molecule has 0 aromatic heterocycles. The molecule has 8 heteroatoms. The predicted molar refractivity (Wildman–Crippen MR) is 14.8 cm³/mol. The van der Waals surface area contributed by atoms with Gasteiger partial charge in [-0.1, -0.05) is 0 Å². The Morgan fingerprint density at radius 3 is 1.12 bits per heavy atom. The van der Waals surface area contributed by atoms with Crippen molar-refractivity contribution in [2.45, 2.75) is 0 Å². The fraction of sp³-hybridized carbons (Fsp3) is 0. The second kappa shape index (κ2) is 7.67. The monoisotopic (exact) mass is 220 g/mol. The molecule has 0 aromatic rings. The Morgan fingerprint density at radius 1 is 1.12 bits per heavy atom. The molecular weight excluding hydrogens is 219 g/mol. The average molecular weight is 221 g/mol. The Kier molecular flexibility index (Phi) is 22.4. The van der Waals surface area contributed by atoms with Gasteiger partial charge in [0.2, 0.25) is 0 Å². The van der Waals surface area contributed by atoms with Crippen molar-refractivity contribution in [2.24, 2.45) is 0 Å². The quantitative estimate of drug-likeness (QED) is 0.335. The fourth-order valence-corrected chi connectivity index (χ4v) is 0. The van der Waals surface area contributed by atoms with Gasteiger partial charge in [-0.05, 0) is 0 Å². The molecule has 0 saturated heterocycles. The molecule has 0 saturated carbocycles. The number of hydrogen-bond donors (Lipinski definition) is 0. The minimum absolute atomic E-state index is 0. The molecule has 6 nitrogen and oxygen atoms in total. The van der Waals surface area contributed by atoms with E-state index in [4.69, 9.17) is 17.5 Å². The minimum Gasteiger partial charge on any atom is -2.00 e. The van der Waals surface area contributed by atoms with Crippen LogP contribution in [0.2, 0.25) is 0 Å². The minimum atomic E-state index is -5.17. The van der Waals surface area contributed by atoms with Gasteiger partial charge in [0, 0.05) is 10.4 Å². The van der Waals surface area contributed by atoms with Crippen molar-refractivity contribution in [3.8, 4) is 0 Å². The van der Waals surface area contributed by atoms with Crippen molar-refractivity contribution in [2.75, 3.05) is 0 Å². The Labute approximate surface area is 65.2 Å². The van der Waals surface area contributed by atoms with Crippen molar-refractivity contribution < 1.29 is 54.7 Å². The Hall–Kier alpha value is 0.673. The fourth-order valence-electron chi connectivity index (χ4n) is 0. The Bertz CT molecular complexity index is 91.7. The van der Waals surface area contributed by atoms with Gasteiger partial charge in [0.1, 0.15) is 0 Å². The van der Waals surface area contributed by atoms with E-state index in [0.29, 0.717) is 0 Å². The average Bonchev–Trinajstić information content (AvgIpc) is 0.722. The molecule has 0 heterocycles. The van der Waals surface area contributed by atoms with Crippen LogP contribution < -0.4 is 0 Å². The summed E-state index contributed by atoms with van der Waals surface area (Å²) in [6.07, 6.45) is 0. The SMILES string of the molecule is O.O=S(=O)([O-])[O-].[O-2].[Zr+4]. The van der Waals surface area contributed by atoms with Crippen LogP contribution in [0.5, 0.6) is 0 Å². The van der Waals surface area contributed by atoms with Gasteiger partial charge in [0.15, 0.2) is 0 Å². The van der Waals surface area contributed by atoms with E-state index in [1.54, 1.807) is 0 Å². The zero-order valence-electron chi connectivity index (χ0n) is 3.45. The van der Waals surface area contributed by atoms with Crippen LogP contribution in [-0.4, -0.2) is 23.0 Å². The van der Waals surface area contributed by atoms with Gasteiger partial charge in [-0.2, -0.15) is 0 Å². The van der Waals surface area contributed by atoms with E-state index in [-0.39, 0.29) is 37.2 Å². The summed E-state index contributed by atoms with van der Waals surface area (Å²) in [4.78, 5) is 0. The van der Waals surface area contributed by atoms with E-state index < -0.39 is 10.4 Å². The molecule has 8 heavy (non-hydrogen) atoms. The predicted octanol–water partition coefficient (Wildman–Crippen LogP) is -2.28. The first kappa shape index (κ1) is 23.4. The molecule has 0 aliphatic rings. The van der Waals surface area contributed by atoms with Crippen LogP contribution in [0.1, 0.15) is 0 Å². The molecular formula is H2O6SZr. The van der Waals surface area contributed by atoms with Gasteiger partial charge in [0.05, 0.1) is 0 Å².